The summed E-state index contributed by atoms with van der Waals surface area (Å²) >= 11 is 0. The number of ketones is 1. The molecule has 2 heterocycles. The molecule has 0 N–H and O–H groups in total. The Kier molecular flexibility index (Phi) is 4.66. The predicted molar refractivity (Wildman–Crippen MR) is 122 cm³/mol. The van der Waals surface area contributed by atoms with Gasteiger partial charge in [-0.1, -0.05) is 24.3 Å². The zero-order chi connectivity index (χ0) is 23.1. The van der Waals surface area contributed by atoms with Gasteiger partial charge >= 0.3 is 0 Å². The fourth-order valence-corrected chi connectivity index (χ4v) is 4.05. The van der Waals surface area contributed by atoms with Crippen LogP contribution in [0.4, 0.5) is 0 Å². The number of carbonyl (C=O) groups is 1. The summed E-state index contributed by atoms with van der Waals surface area (Å²) in [6.07, 6.45) is 1.57. The number of hydrogen-bond acceptors (Lipinski definition) is 6. The molecule has 7 nitrogen and oxygen atoms in total. The summed E-state index contributed by atoms with van der Waals surface area (Å²) in [7, 11) is 3.50. The van der Waals surface area contributed by atoms with E-state index in [0.717, 1.165) is 22.7 Å². The van der Waals surface area contributed by atoms with Crippen LogP contribution in [0.25, 0.3) is 34.3 Å². The molecule has 0 radical (unpaired) electrons. The molecule has 4 aromatic rings. The minimum absolute atomic E-state index is 0.115. The molecule has 2 aromatic heterocycles. The van der Waals surface area contributed by atoms with Crippen LogP contribution in [-0.4, -0.2) is 22.4 Å². The molecule has 0 fully saturated rings. The Bertz CT molecular complexity index is 1570. The van der Waals surface area contributed by atoms with E-state index in [1.807, 2.05) is 48.0 Å². The normalized spacial score (nSPS) is 13.8. The Morgan fingerprint density at radius 1 is 1.09 bits per heavy atom. The number of nitriles is 2. The quantitative estimate of drug-likeness (QED) is 0.336. The molecular formula is C26H16N4O3. The van der Waals surface area contributed by atoms with Gasteiger partial charge in [-0.15, -0.1) is 0 Å². The topological polar surface area (TPSA) is 105 Å². The summed E-state index contributed by atoms with van der Waals surface area (Å²) in [5, 5.41) is 18.9. The van der Waals surface area contributed by atoms with Gasteiger partial charge in [0.1, 0.15) is 40.6 Å². The molecule has 0 bridgehead atoms. The van der Waals surface area contributed by atoms with Crippen molar-refractivity contribution in [3.8, 4) is 29.3 Å². The van der Waals surface area contributed by atoms with E-state index in [-0.39, 0.29) is 16.9 Å². The van der Waals surface area contributed by atoms with Crippen LogP contribution >= 0.6 is 0 Å². The number of furan rings is 1. The lowest BCUT2D eigenvalue weighted by Crippen LogP contribution is -1.95. The first kappa shape index (κ1) is 20.0. The SMILES string of the molecule is COc1ccc(-c2nc3oc(/C=C4\C(=O)c5ccccc5C4=C(C#N)C#N)cc3n2C)cc1. The van der Waals surface area contributed by atoms with Gasteiger partial charge in [-0.05, 0) is 35.9 Å². The van der Waals surface area contributed by atoms with Crippen LogP contribution in [0.15, 0.2) is 70.2 Å². The minimum Gasteiger partial charge on any atom is -0.497 e. The van der Waals surface area contributed by atoms with Crippen LogP contribution in [0.1, 0.15) is 21.7 Å². The van der Waals surface area contributed by atoms with Crippen LogP contribution in [-0.2, 0) is 7.05 Å². The number of carbonyl (C=O) groups excluding carboxylic acids is 1. The molecule has 0 aliphatic heterocycles. The molecule has 0 atom stereocenters. The highest BCUT2D eigenvalue weighted by atomic mass is 16.5. The van der Waals surface area contributed by atoms with Gasteiger partial charge in [0.15, 0.2) is 5.78 Å². The van der Waals surface area contributed by atoms with Gasteiger partial charge in [0.05, 0.1) is 7.11 Å². The standard InChI is InChI=1S/C26H16N4O3/c1-30-22-12-18(33-26(22)29-25(30)15-7-9-17(32-2)10-8-15)11-21-23(16(13-27)14-28)19-5-3-4-6-20(19)24(21)31/h3-12H,1-2H3/b21-11-. The zero-order valence-electron chi connectivity index (χ0n) is 17.8. The highest BCUT2D eigenvalue weighted by Gasteiger charge is 2.32. The monoisotopic (exact) mass is 432 g/mol. The van der Waals surface area contributed by atoms with Gasteiger partial charge in [0, 0.05) is 35.4 Å². The highest BCUT2D eigenvalue weighted by Crippen LogP contribution is 2.40. The molecule has 1 aliphatic rings. The fourth-order valence-electron chi connectivity index (χ4n) is 4.05. The number of benzene rings is 2. The summed E-state index contributed by atoms with van der Waals surface area (Å²) in [5.74, 6) is 1.64. The second-order valence-electron chi connectivity index (χ2n) is 7.47. The van der Waals surface area contributed by atoms with Crippen molar-refractivity contribution in [2.45, 2.75) is 0 Å². The van der Waals surface area contributed by atoms with E-state index in [2.05, 4.69) is 4.98 Å². The highest BCUT2D eigenvalue weighted by molar-refractivity contribution is 6.29. The first-order valence-electron chi connectivity index (χ1n) is 10.1. The third-order valence-corrected chi connectivity index (χ3v) is 5.66. The van der Waals surface area contributed by atoms with Crippen molar-refractivity contribution < 1.29 is 13.9 Å². The molecule has 158 valence electrons. The van der Waals surface area contributed by atoms with Gasteiger partial charge in [0.25, 0.3) is 0 Å². The molecule has 2 aromatic carbocycles. The number of ether oxygens (including phenoxy) is 1. The van der Waals surface area contributed by atoms with Gasteiger partial charge < -0.3 is 13.7 Å². The Morgan fingerprint density at radius 2 is 1.79 bits per heavy atom. The van der Waals surface area contributed by atoms with Crippen molar-refractivity contribution in [2.75, 3.05) is 7.11 Å². The molecule has 7 heteroatoms. The molecule has 0 unspecified atom stereocenters. The smallest absolute Gasteiger partial charge is 0.245 e. The van der Waals surface area contributed by atoms with Crippen molar-refractivity contribution in [1.29, 1.82) is 10.5 Å². The van der Waals surface area contributed by atoms with E-state index in [4.69, 9.17) is 9.15 Å². The lowest BCUT2D eigenvalue weighted by atomic mass is 9.99. The van der Waals surface area contributed by atoms with E-state index in [0.29, 0.717) is 28.2 Å². The lowest BCUT2D eigenvalue weighted by Gasteiger charge is -2.04. The Hall–Kier alpha value is -4.88. The molecule has 0 saturated heterocycles. The second kappa shape index (κ2) is 7.67. The van der Waals surface area contributed by atoms with Crippen LogP contribution in [0.3, 0.4) is 0 Å². The summed E-state index contributed by atoms with van der Waals surface area (Å²) in [6, 6.07) is 20.1. The predicted octanol–water partition coefficient (Wildman–Crippen LogP) is 4.92. The molecule has 5 rings (SSSR count). The van der Waals surface area contributed by atoms with Crippen molar-refractivity contribution in [1.82, 2.24) is 9.55 Å². The number of fused-ring (bicyclic) bond motifs is 2. The maximum Gasteiger partial charge on any atom is 0.245 e. The van der Waals surface area contributed by atoms with Gasteiger partial charge in [-0.25, -0.2) is 0 Å². The number of aryl methyl sites for hydroxylation is 1. The maximum absolute atomic E-state index is 13.1. The number of methoxy groups -OCH3 is 1. The number of allylic oxidation sites excluding steroid dienone is 3. The Balaban J connectivity index is 1.61. The third kappa shape index (κ3) is 3.12. The molecule has 33 heavy (non-hydrogen) atoms. The summed E-state index contributed by atoms with van der Waals surface area (Å²) in [4.78, 5) is 17.7. The van der Waals surface area contributed by atoms with E-state index >= 15 is 0 Å². The maximum atomic E-state index is 13.1. The van der Waals surface area contributed by atoms with E-state index in [9.17, 15) is 15.3 Å². The third-order valence-electron chi connectivity index (χ3n) is 5.66. The second-order valence-corrected chi connectivity index (χ2v) is 7.47. The molecule has 0 spiro atoms. The summed E-state index contributed by atoms with van der Waals surface area (Å²) in [6.45, 7) is 0. The summed E-state index contributed by atoms with van der Waals surface area (Å²) in [5.41, 5.74) is 3.57. The molecule has 0 amide bonds. The van der Waals surface area contributed by atoms with Crippen LogP contribution in [0, 0.1) is 22.7 Å². The number of aromatic nitrogens is 2. The number of rotatable bonds is 3. The first-order chi connectivity index (χ1) is 16.0. The average Bonchev–Trinajstić information content (AvgIpc) is 3.47. The van der Waals surface area contributed by atoms with Crippen molar-refractivity contribution in [3.63, 3.8) is 0 Å². The number of hydrogen-bond donors (Lipinski definition) is 0. The van der Waals surface area contributed by atoms with Gasteiger partial charge in [-0.2, -0.15) is 15.5 Å². The number of imidazole rings is 1. The van der Waals surface area contributed by atoms with E-state index < -0.39 is 0 Å². The minimum atomic E-state index is -0.254. The number of Topliss-reactive ketones (excluding diaryl/α,β-unsaturated/α-hetero) is 1. The average molecular weight is 432 g/mol. The molecular weight excluding hydrogens is 416 g/mol. The van der Waals surface area contributed by atoms with E-state index in [1.165, 1.54) is 0 Å². The van der Waals surface area contributed by atoms with Crippen molar-refractivity contribution in [3.05, 3.63) is 82.6 Å². The van der Waals surface area contributed by atoms with Gasteiger partial charge in [0.2, 0.25) is 5.71 Å². The van der Waals surface area contributed by atoms with Crippen LogP contribution in [0.5, 0.6) is 5.75 Å². The molecule has 0 saturated carbocycles. The van der Waals surface area contributed by atoms with E-state index in [1.54, 1.807) is 43.5 Å². The largest absolute Gasteiger partial charge is 0.497 e. The number of nitrogens with zero attached hydrogens (tertiary/aromatic N) is 4. The Labute approximate surface area is 189 Å². The van der Waals surface area contributed by atoms with Crippen LogP contribution < -0.4 is 4.74 Å². The molecule has 1 aliphatic carbocycles. The lowest BCUT2D eigenvalue weighted by molar-refractivity contribution is 0.104. The Morgan fingerprint density at radius 3 is 2.42 bits per heavy atom. The summed E-state index contributed by atoms with van der Waals surface area (Å²) < 4.78 is 13.0. The van der Waals surface area contributed by atoms with Crippen molar-refractivity contribution in [2.24, 2.45) is 7.05 Å². The fraction of sp³-hybridized carbons (Fsp3) is 0.0769. The van der Waals surface area contributed by atoms with Gasteiger partial charge in [-0.3, -0.25) is 4.79 Å². The van der Waals surface area contributed by atoms with Crippen molar-refractivity contribution >= 4 is 28.7 Å². The first-order valence-corrected chi connectivity index (χ1v) is 10.1. The van der Waals surface area contributed by atoms with Crippen LogP contribution in [0.2, 0.25) is 0 Å². The zero-order valence-corrected chi connectivity index (χ0v) is 17.8.